The summed E-state index contributed by atoms with van der Waals surface area (Å²) in [7, 11) is 1.67. The van der Waals surface area contributed by atoms with E-state index >= 15 is 0 Å². The van der Waals surface area contributed by atoms with Gasteiger partial charge in [0.05, 0.1) is 7.11 Å². The van der Waals surface area contributed by atoms with Crippen molar-refractivity contribution in [2.24, 2.45) is 17.8 Å². The number of rotatable bonds is 13. The monoisotopic (exact) mass is 548 g/mol. The SMILES string of the molecule is CCCCCC(CC)c1cc(OC)ccc1/C=C/C(=O)Oc1ccccc1C(=O)O[C@@H]1C[C@H](C)CC[C@H]1C(C)C. The molecule has 1 aliphatic rings. The molecule has 0 heterocycles. The zero-order valence-electron chi connectivity index (χ0n) is 25.3. The molecule has 0 bridgehead atoms. The molecule has 0 saturated heterocycles. The zero-order chi connectivity index (χ0) is 29.1. The number of benzene rings is 2. The van der Waals surface area contributed by atoms with Crippen LogP contribution in [0.25, 0.3) is 6.08 Å². The molecule has 1 unspecified atom stereocenters. The molecule has 5 heteroatoms. The van der Waals surface area contributed by atoms with E-state index in [0.717, 1.165) is 43.4 Å². The molecule has 1 fully saturated rings. The molecular weight excluding hydrogens is 500 g/mol. The lowest BCUT2D eigenvalue weighted by Crippen LogP contribution is -2.36. The first kappa shape index (κ1) is 31.4. The smallest absolute Gasteiger partial charge is 0.342 e. The van der Waals surface area contributed by atoms with Crippen molar-refractivity contribution in [2.75, 3.05) is 7.11 Å². The van der Waals surface area contributed by atoms with Gasteiger partial charge in [-0.1, -0.05) is 78.5 Å². The van der Waals surface area contributed by atoms with Gasteiger partial charge >= 0.3 is 11.9 Å². The third kappa shape index (κ3) is 8.71. The van der Waals surface area contributed by atoms with Crippen LogP contribution in [0.4, 0.5) is 0 Å². The third-order valence-electron chi connectivity index (χ3n) is 8.32. The van der Waals surface area contributed by atoms with E-state index in [0.29, 0.717) is 23.7 Å². The molecule has 0 aliphatic heterocycles. The van der Waals surface area contributed by atoms with Crippen LogP contribution in [0, 0.1) is 17.8 Å². The first-order valence-corrected chi connectivity index (χ1v) is 15.1. The van der Waals surface area contributed by atoms with Crippen molar-refractivity contribution >= 4 is 18.0 Å². The predicted molar refractivity (Wildman–Crippen MR) is 162 cm³/mol. The van der Waals surface area contributed by atoms with E-state index in [4.69, 9.17) is 14.2 Å². The molecule has 3 rings (SSSR count). The molecule has 0 spiro atoms. The number of carbonyl (C=O) groups is 2. The van der Waals surface area contributed by atoms with Gasteiger partial charge in [0.25, 0.3) is 0 Å². The average molecular weight is 549 g/mol. The fraction of sp³-hybridized carbons (Fsp3) is 0.543. The number of hydrogen-bond acceptors (Lipinski definition) is 5. The van der Waals surface area contributed by atoms with Crippen LogP contribution in [-0.2, 0) is 9.53 Å². The van der Waals surface area contributed by atoms with Crippen LogP contribution in [-0.4, -0.2) is 25.2 Å². The fourth-order valence-corrected chi connectivity index (χ4v) is 5.88. The molecule has 2 aromatic rings. The summed E-state index contributed by atoms with van der Waals surface area (Å²) < 4.78 is 17.2. The zero-order valence-corrected chi connectivity index (χ0v) is 25.3. The van der Waals surface area contributed by atoms with Crippen molar-refractivity contribution < 1.29 is 23.8 Å². The summed E-state index contributed by atoms with van der Waals surface area (Å²) in [6.07, 6.45) is 11.8. The molecular formula is C35H48O5. The van der Waals surface area contributed by atoms with Crippen LogP contribution in [0.15, 0.2) is 48.5 Å². The van der Waals surface area contributed by atoms with E-state index in [-0.39, 0.29) is 17.4 Å². The highest BCUT2D eigenvalue weighted by Gasteiger charge is 2.34. The summed E-state index contributed by atoms with van der Waals surface area (Å²) in [5.41, 5.74) is 2.42. The predicted octanol–water partition coefficient (Wildman–Crippen LogP) is 9.01. The van der Waals surface area contributed by atoms with Crippen molar-refractivity contribution in [3.8, 4) is 11.5 Å². The van der Waals surface area contributed by atoms with Gasteiger partial charge in [0.1, 0.15) is 23.2 Å². The molecule has 40 heavy (non-hydrogen) atoms. The van der Waals surface area contributed by atoms with Crippen LogP contribution in [0.3, 0.4) is 0 Å². The minimum Gasteiger partial charge on any atom is -0.497 e. The number of para-hydroxylation sites is 1. The number of unbranched alkanes of at least 4 members (excludes halogenated alkanes) is 2. The quantitative estimate of drug-likeness (QED) is 0.108. The average Bonchev–Trinajstić information content (AvgIpc) is 2.94. The van der Waals surface area contributed by atoms with Crippen LogP contribution in [0.5, 0.6) is 11.5 Å². The Hall–Kier alpha value is -3.08. The molecule has 1 saturated carbocycles. The van der Waals surface area contributed by atoms with E-state index in [1.165, 1.54) is 30.9 Å². The topological polar surface area (TPSA) is 61.8 Å². The molecule has 2 aromatic carbocycles. The van der Waals surface area contributed by atoms with Gasteiger partial charge in [0, 0.05) is 6.08 Å². The second kappa shape index (κ2) is 15.6. The highest BCUT2D eigenvalue weighted by Crippen LogP contribution is 2.36. The molecule has 4 atom stereocenters. The fourth-order valence-electron chi connectivity index (χ4n) is 5.88. The Kier molecular flexibility index (Phi) is 12.3. The van der Waals surface area contributed by atoms with Crippen LogP contribution >= 0.6 is 0 Å². The van der Waals surface area contributed by atoms with Crippen molar-refractivity contribution in [2.45, 2.75) is 98.0 Å². The Balaban J connectivity index is 1.75. The van der Waals surface area contributed by atoms with Crippen molar-refractivity contribution in [3.63, 3.8) is 0 Å². The second-order valence-electron chi connectivity index (χ2n) is 11.6. The van der Waals surface area contributed by atoms with E-state index in [2.05, 4.69) is 40.7 Å². The standard InChI is InChI=1S/C35H48O5/c1-7-9-10-13-26(8-2)31-23-28(38-6)19-17-27(31)18-21-34(36)39-32-15-12-11-14-30(32)35(37)40-33-22-25(5)16-20-29(33)24(3)4/h11-12,14-15,17-19,21,23-26,29,33H,7-10,13,16,20,22H2,1-6H3/b21-18+/t25-,26?,29+,33-/m1/s1. The molecule has 0 N–H and O–H groups in total. The number of carbonyl (C=O) groups excluding carboxylic acids is 2. The van der Waals surface area contributed by atoms with Gasteiger partial charge in [0.2, 0.25) is 0 Å². The molecule has 0 aromatic heterocycles. The first-order chi connectivity index (χ1) is 19.3. The Morgan fingerprint density at radius 2 is 1.82 bits per heavy atom. The van der Waals surface area contributed by atoms with Gasteiger partial charge in [0.15, 0.2) is 0 Å². The highest BCUT2D eigenvalue weighted by atomic mass is 16.6. The van der Waals surface area contributed by atoms with Crippen LogP contribution in [0.2, 0.25) is 0 Å². The molecule has 218 valence electrons. The highest BCUT2D eigenvalue weighted by molar-refractivity contribution is 5.95. The van der Waals surface area contributed by atoms with Gasteiger partial charge in [-0.25, -0.2) is 9.59 Å². The summed E-state index contributed by atoms with van der Waals surface area (Å²) in [6.45, 7) is 11.0. The Bertz CT molecular complexity index is 1130. The van der Waals surface area contributed by atoms with Crippen molar-refractivity contribution in [1.82, 2.24) is 0 Å². The van der Waals surface area contributed by atoms with Crippen LogP contribution in [0.1, 0.15) is 113 Å². The molecule has 5 nitrogen and oxygen atoms in total. The first-order valence-electron chi connectivity index (χ1n) is 15.1. The molecule has 0 radical (unpaired) electrons. The van der Waals surface area contributed by atoms with E-state index in [1.807, 2.05) is 12.1 Å². The maximum Gasteiger partial charge on any atom is 0.342 e. The largest absolute Gasteiger partial charge is 0.497 e. The lowest BCUT2D eigenvalue weighted by Gasteiger charge is -2.36. The Labute approximate surface area is 241 Å². The van der Waals surface area contributed by atoms with Crippen LogP contribution < -0.4 is 9.47 Å². The summed E-state index contributed by atoms with van der Waals surface area (Å²) in [4.78, 5) is 26.2. The lowest BCUT2D eigenvalue weighted by atomic mass is 9.75. The maximum atomic E-state index is 13.2. The normalized spacial score (nSPS) is 19.9. The summed E-state index contributed by atoms with van der Waals surface area (Å²) in [5.74, 6) is 1.73. The van der Waals surface area contributed by atoms with Gasteiger partial charge in [-0.3, -0.25) is 0 Å². The third-order valence-corrected chi connectivity index (χ3v) is 8.32. The lowest BCUT2D eigenvalue weighted by molar-refractivity contribution is -0.128. The van der Waals surface area contributed by atoms with Gasteiger partial charge in [-0.05, 0) is 90.8 Å². The molecule has 0 amide bonds. The van der Waals surface area contributed by atoms with Gasteiger partial charge < -0.3 is 14.2 Å². The minimum atomic E-state index is -0.535. The van der Waals surface area contributed by atoms with Gasteiger partial charge in [-0.2, -0.15) is 0 Å². The Morgan fingerprint density at radius 3 is 2.52 bits per heavy atom. The maximum absolute atomic E-state index is 13.2. The number of hydrogen-bond donors (Lipinski definition) is 0. The summed E-state index contributed by atoms with van der Waals surface area (Å²) >= 11 is 0. The summed E-state index contributed by atoms with van der Waals surface area (Å²) in [5, 5.41) is 0. The van der Waals surface area contributed by atoms with E-state index < -0.39 is 11.9 Å². The number of methoxy groups -OCH3 is 1. The van der Waals surface area contributed by atoms with E-state index in [9.17, 15) is 9.59 Å². The number of esters is 2. The van der Waals surface area contributed by atoms with Crippen molar-refractivity contribution in [1.29, 1.82) is 0 Å². The second-order valence-corrected chi connectivity index (χ2v) is 11.6. The summed E-state index contributed by atoms with van der Waals surface area (Å²) in [6, 6.07) is 12.8. The van der Waals surface area contributed by atoms with Crippen molar-refractivity contribution in [3.05, 3.63) is 65.2 Å². The Morgan fingerprint density at radius 1 is 1.05 bits per heavy atom. The van der Waals surface area contributed by atoms with Gasteiger partial charge in [-0.15, -0.1) is 0 Å². The van der Waals surface area contributed by atoms with E-state index in [1.54, 1.807) is 37.5 Å². The molecule has 1 aliphatic carbocycles. The minimum absolute atomic E-state index is 0.128. The number of ether oxygens (including phenoxy) is 3.